The summed E-state index contributed by atoms with van der Waals surface area (Å²) in [6.07, 6.45) is -2.21. The van der Waals surface area contributed by atoms with E-state index < -0.39 is 11.7 Å². The molecule has 1 N–H and O–H groups in total. The molecule has 24 heavy (non-hydrogen) atoms. The number of benzene rings is 1. The third-order valence-electron chi connectivity index (χ3n) is 4.70. The Bertz CT molecular complexity index is 593. The van der Waals surface area contributed by atoms with Crippen molar-refractivity contribution in [1.29, 1.82) is 0 Å². The van der Waals surface area contributed by atoms with Gasteiger partial charge in [0.2, 0.25) is 5.91 Å². The van der Waals surface area contributed by atoms with Gasteiger partial charge in [-0.3, -0.25) is 9.69 Å². The number of nitrogens with one attached hydrogen (secondary N) is 1. The molecule has 3 rings (SSSR count). The number of halogens is 3. The smallest absolute Gasteiger partial charge is 0.369 e. The maximum Gasteiger partial charge on any atom is 0.416 e. The summed E-state index contributed by atoms with van der Waals surface area (Å²) in [7, 11) is 0. The highest BCUT2D eigenvalue weighted by Gasteiger charge is 2.32. The first-order valence-corrected chi connectivity index (χ1v) is 8.31. The number of anilines is 1. The van der Waals surface area contributed by atoms with Crippen molar-refractivity contribution in [3.63, 3.8) is 0 Å². The maximum absolute atomic E-state index is 12.8. The van der Waals surface area contributed by atoms with Gasteiger partial charge in [-0.2, -0.15) is 13.2 Å². The molecule has 1 aromatic rings. The molecule has 1 saturated heterocycles. The van der Waals surface area contributed by atoms with E-state index in [0.29, 0.717) is 37.9 Å². The Hall–Kier alpha value is -1.76. The van der Waals surface area contributed by atoms with Crippen molar-refractivity contribution >= 4 is 11.6 Å². The average Bonchev–Trinajstić information content (AvgIpc) is 3.37. The van der Waals surface area contributed by atoms with Gasteiger partial charge in [-0.1, -0.05) is 6.07 Å². The van der Waals surface area contributed by atoms with Gasteiger partial charge in [0.1, 0.15) is 0 Å². The van der Waals surface area contributed by atoms with Gasteiger partial charge in [0.15, 0.2) is 0 Å². The average molecular weight is 341 g/mol. The lowest BCUT2D eigenvalue weighted by molar-refractivity contribution is -0.137. The number of hydrogen-bond donors (Lipinski definition) is 1. The van der Waals surface area contributed by atoms with Crippen LogP contribution >= 0.6 is 0 Å². The van der Waals surface area contributed by atoms with Crippen LogP contribution in [0.5, 0.6) is 0 Å². The van der Waals surface area contributed by atoms with Crippen LogP contribution in [-0.4, -0.2) is 49.1 Å². The molecule has 0 radical (unpaired) electrons. The van der Waals surface area contributed by atoms with Crippen LogP contribution in [0.2, 0.25) is 0 Å². The molecule has 1 saturated carbocycles. The van der Waals surface area contributed by atoms with E-state index in [-0.39, 0.29) is 11.9 Å². The molecule has 1 atom stereocenters. The summed E-state index contributed by atoms with van der Waals surface area (Å²) in [5.74, 6) is 0.0463. The SMILES string of the molecule is CC(C(=O)NC1CC1)N1CCN(c2cccc(C(F)(F)F)c2)CC1. The van der Waals surface area contributed by atoms with Gasteiger partial charge >= 0.3 is 6.18 Å². The molecule has 1 aliphatic carbocycles. The van der Waals surface area contributed by atoms with Crippen molar-refractivity contribution in [3.05, 3.63) is 29.8 Å². The molecule has 132 valence electrons. The Kier molecular flexibility index (Phi) is 4.71. The first-order valence-electron chi connectivity index (χ1n) is 8.31. The third-order valence-corrected chi connectivity index (χ3v) is 4.70. The molecule has 0 spiro atoms. The second-order valence-electron chi connectivity index (χ2n) is 6.53. The molecule has 4 nitrogen and oxygen atoms in total. The zero-order valence-corrected chi connectivity index (χ0v) is 13.6. The number of hydrogen-bond acceptors (Lipinski definition) is 3. The summed E-state index contributed by atoms with van der Waals surface area (Å²) < 4.78 is 38.5. The minimum atomic E-state index is -4.33. The predicted molar refractivity (Wildman–Crippen MR) is 85.9 cm³/mol. The van der Waals surface area contributed by atoms with Gasteiger partial charge in [-0.05, 0) is 38.0 Å². The monoisotopic (exact) mass is 341 g/mol. The largest absolute Gasteiger partial charge is 0.416 e. The van der Waals surface area contributed by atoms with Crippen LogP contribution in [0.4, 0.5) is 18.9 Å². The molecule has 2 aliphatic rings. The zero-order valence-electron chi connectivity index (χ0n) is 13.6. The number of piperazine rings is 1. The summed E-state index contributed by atoms with van der Waals surface area (Å²) in [6, 6.07) is 5.56. The number of carbonyl (C=O) groups excluding carboxylic acids is 1. The number of amides is 1. The molecule has 1 unspecified atom stereocenters. The Morgan fingerprint density at radius 1 is 1.21 bits per heavy atom. The van der Waals surface area contributed by atoms with Crippen LogP contribution in [0.25, 0.3) is 0 Å². The summed E-state index contributed by atoms with van der Waals surface area (Å²) >= 11 is 0. The van der Waals surface area contributed by atoms with Crippen LogP contribution in [0.15, 0.2) is 24.3 Å². The van der Waals surface area contributed by atoms with Crippen molar-refractivity contribution in [1.82, 2.24) is 10.2 Å². The van der Waals surface area contributed by atoms with Crippen molar-refractivity contribution in [2.24, 2.45) is 0 Å². The number of alkyl halides is 3. The van der Waals surface area contributed by atoms with Crippen molar-refractivity contribution < 1.29 is 18.0 Å². The first kappa shape index (κ1) is 17.1. The van der Waals surface area contributed by atoms with Crippen LogP contribution in [0.1, 0.15) is 25.3 Å². The topological polar surface area (TPSA) is 35.6 Å². The van der Waals surface area contributed by atoms with E-state index in [1.54, 1.807) is 6.07 Å². The van der Waals surface area contributed by atoms with E-state index in [1.165, 1.54) is 12.1 Å². The van der Waals surface area contributed by atoms with Gasteiger partial charge in [-0.25, -0.2) is 0 Å². The molecule has 2 fully saturated rings. The van der Waals surface area contributed by atoms with E-state index in [4.69, 9.17) is 0 Å². The molecule has 1 aliphatic heterocycles. The highest BCUT2D eigenvalue weighted by Crippen LogP contribution is 2.32. The number of carbonyl (C=O) groups is 1. The fraction of sp³-hybridized carbons (Fsp3) is 0.588. The molecule has 1 heterocycles. The fourth-order valence-electron chi connectivity index (χ4n) is 2.96. The van der Waals surface area contributed by atoms with Crippen molar-refractivity contribution in [3.8, 4) is 0 Å². The molecule has 1 aromatic carbocycles. The summed E-state index contributed by atoms with van der Waals surface area (Å²) in [5, 5.41) is 3.00. The normalized spacial score (nSPS) is 20.8. The lowest BCUT2D eigenvalue weighted by Crippen LogP contribution is -2.54. The molecule has 1 amide bonds. The van der Waals surface area contributed by atoms with E-state index in [2.05, 4.69) is 10.2 Å². The van der Waals surface area contributed by atoms with E-state index in [9.17, 15) is 18.0 Å². The Morgan fingerprint density at radius 3 is 2.46 bits per heavy atom. The lowest BCUT2D eigenvalue weighted by atomic mass is 10.1. The quantitative estimate of drug-likeness (QED) is 0.914. The van der Waals surface area contributed by atoms with Gasteiger partial charge in [0.05, 0.1) is 11.6 Å². The van der Waals surface area contributed by atoms with Crippen LogP contribution in [0.3, 0.4) is 0 Å². The molecule has 0 aromatic heterocycles. The summed E-state index contributed by atoms with van der Waals surface area (Å²) in [4.78, 5) is 16.1. The molecular weight excluding hydrogens is 319 g/mol. The Morgan fingerprint density at radius 2 is 1.88 bits per heavy atom. The maximum atomic E-state index is 12.8. The highest BCUT2D eigenvalue weighted by molar-refractivity contribution is 5.81. The van der Waals surface area contributed by atoms with Gasteiger partial charge in [0.25, 0.3) is 0 Å². The second kappa shape index (κ2) is 6.63. The first-order chi connectivity index (χ1) is 11.3. The molecular formula is C17H22F3N3O. The molecule has 7 heteroatoms. The summed E-state index contributed by atoms with van der Waals surface area (Å²) in [5.41, 5.74) is -0.0424. The number of nitrogens with zero attached hydrogens (tertiary/aromatic N) is 2. The van der Waals surface area contributed by atoms with Crippen molar-refractivity contribution in [2.75, 3.05) is 31.1 Å². The second-order valence-corrected chi connectivity index (χ2v) is 6.53. The predicted octanol–water partition coefficient (Wildman–Crippen LogP) is 2.49. The molecule has 0 bridgehead atoms. The Labute approximate surface area is 139 Å². The van der Waals surface area contributed by atoms with Crippen molar-refractivity contribution in [2.45, 2.75) is 38.0 Å². The van der Waals surface area contributed by atoms with E-state index >= 15 is 0 Å². The van der Waals surface area contributed by atoms with E-state index in [1.807, 2.05) is 11.8 Å². The highest BCUT2D eigenvalue weighted by atomic mass is 19.4. The minimum absolute atomic E-state index is 0.0463. The van der Waals surface area contributed by atoms with Crippen LogP contribution in [0, 0.1) is 0 Å². The van der Waals surface area contributed by atoms with Gasteiger partial charge < -0.3 is 10.2 Å². The van der Waals surface area contributed by atoms with E-state index in [0.717, 1.165) is 18.9 Å². The zero-order chi connectivity index (χ0) is 17.3. The van der Waals surface area contributed by atoms with Gasteiger partial charge in [-0.15, -0.1) is 0 Å². The number of rotatable bonds is 4. The minimum Gasteiger partial charge on any atom is -0.369 e. The van der Waals surface area contributed by atoms with Crippen LogP contribution < -0.4 is 10.2 Å². The Balaban J connectivity index is 1.57. The summed E-state index contributed by atoms with van der Waals surface area (Å²) in [6.45, 7) is 4.44. The lowest BCUT2D eigenvalue weighted by Gasteiger charge is -2.38. The fourth-order valence-corrected chi connectivity index (χ4v) is 2.96. The standard InChI is InChI=1S/C17H22F3N3O/c1-12(16(24)21-14-5-6-14)22-7-9-23(10-8-22)15-4-2-3-13(11-15)17(18,19)20/h2-4,11-12,14H,5-10H2,1H3,(H,21,24). The van der Waals surface area contributed by atoms with Crippen LogP contribution in [-0.2, 0) is 11.0 Å². The van der Waals surface area contributed by atoms with Gasteiger partial charge in [0, 0.05) is 37.9 Å². The third kappa shape index (κ3) is 4.01.